The Balaban J connectivity index is 0.00000288. The number of rotatable bonds is 6. The Morgan fingerprint density at radius 3 is 2.54 bits per heavy atom. The molecule has 7 heteroatoms. The van der Waals surface area contributed by atoms with Crippen LogP contribution >= 0.6 is 12.4 Å². The van der Waals surface area contributed by atoms with Crippen molar-refractivity contribution in [2.24, 2.45) is 0 Å². The third kappa shape index (κ3) is 4.59. The SMILES string of the molecule is CNC(C)CNC(=O)c1ccccc1N(C)C(=O)c1ccco1.Cl. The van der Waals surface area contributed by atoms with Gasteiger partial charge in [0.25, 0.3) is 11.8 Å². The molecule has 0 fully saturated rings. The molecule has 1 unspecified atom stereocenters. The maximum atomic E-state index is 12.4. The molecule has 0 spiro atoms. The average molecular weight is 352 g/mol. The van der Waals surface area contributed by atoms with Crippen LogP contribution in [0.1, 0.15) is 27.8 Å². The fourth-order valence-electron chi connectivity index (χ4n) is 2.08. The summed E-state index contributed by atoms with van der Waals surface area (Å²) in [5.41, 5.74) is 0.974. The van der Waals surface area contributed by atoms with E-state index >= 15 is 0 Å². The van der Waals surface area contributed by atoms with E-state index in [0.717, 1.165) is 0 Å². The van der Waals surface area contributed by atoms with Crippen molar-refractivity contribution in [1.29, 1.82) is 0 Å². The van der Waals surface area contributed by atoms with E-state index in [0.29, 0.717) is 17.8 Å². The molecule has 0 aliphatic heterocycles. The summed E-state index contributed by atoms with van der Waals surface area (Å²) < 4.78 is 5.13. The van der Waals surface area contributed by atoms with E-state index < -0.39 is 0 Å². The number of carbonyl (C=O) groups is 2. The standard InChI is InChI=1S/C17H21N3O3.ClH/c1-12(18-2)11-19-16(21)13-7-4-5-8-14(13)20(3)17(22)15-9-6-10-23-15;/h4-10,12,18H,11H2,1-3H3,(H,19,21);1H. The summed E-state index contributed by atoms with van der Waals surface area (Å²) in [4.78, 5) is 26.2. The summed E-state index contributed by atoms with van der Waals surface area (Å²) in [6.07, 6.45) is 1.44. The maximum absolute atomic E-state index is 12.4. The van der Waals surface area contributed by atoms with Crippen LogP contribution in [0.3, 0.4) is 0 Å². The second kappa shape index (κ2) is 9.10. The molecule has 1 aromatic heterocycles. The van der Waals surface area contributed by atoms with Crippen LogP contribution in [0.5, 0.6) is 0 Å². The van der Waals surface area contributed by atoms with E-state index in [9.17, 15) is 9.59 Å². The van der Waals surface area contributed by atoms with Crippen molar-refractivity contribution < 1.29 is 14.0 Å². The first kappa shape index (κ1) is 19.7. The Kier molecular flexibility index (Phi) is 7.48. The number of amides is 2. The van der Waals surface area contributed by atoms with Crippen LogP contribution in [0.4, 0.5) is 5.69 Å². The van der Waals surface area contributed by atoms with Gasteiger partial charge >= 0.3 is 0 Å². The second-order valence-electron chi connectivity index (χ2n) is 5.26. The lowest BCUT2D eigenvalue weighted by Gasteiger charge is -2.20. The molecule has 2 rings (SSSR count). The molecule has 0 radical (unpaired) electrons. The van der Waals surface area contributed by atoms with Crippen LogP contribution < -0.4 is 15.5 Å². The van der Waals surface area contributed by atoms with Crippen LogP contribution in [0, 0.1) is 0 Å². The number of nitrogens with zero attached hydrogens (tertiary/aromatic N) is 1. The smallest absolute Gasteiger partial charge is 0.293 e. The molecule has 2 aromatic rings. The summed E-state index contributed by atoms with van der Waals surface area (Å²) in [6, 6.07) is 10.4. The number of carbonyl (C=O) groups excluding carboxylic acids is 2. The van der Waals surface area contributed by atoms with Crippen LogP contribution in [0.25, 0.3) is 0 Å². The lowest BCUT2D eigenvalue weighted by molar-refractivity contribution is 0.0950. The number of hydrogen-bond acceptors (Lipinski definition) is 4. The molecule has 1 aromatic carbocycles. The first-order valence-corrected chi connectivity index (χ1v) is 7.40. The first-order chi connectivity index (χ1) is 11.0. The zero-order valence-electron chi connectivity index (χ0n) is 13.9. The van der Waals surface area contributed by atoms with E-state index in [4.69, 9.17) is 4.42 Å². The van der Waals surface area contributed by atoms with Gasteiger partial charge in [0, 0.05) is 19.6 Å². The van der Waals surface area contributed by atoms with Crippen LogP contribution in [0.15, 0.2) is 47.1 Å². The Hall–Kier alpha value is -2.31. The zero-order valence-corrected chi connectivity index (χ0v) is 14.7. The predicted octanol–water partition coefficient (Wildman–Crippen LogP) is 2.32. The van der Waals surface area contributed by atoms with Gasteiger partial charge in [-0.15, -0.1) is 12.4 Å². The van der Waals surface area contributed by atoms with Crippen molar-refractivity contribution >= 4 is 29.9 Å². The third-order valence-corrected chi connectivity index (χ3v) is 3.61. The molecule has 1 atom stereocenters. The van der Waals surface area contributed by atoms with E-state index in [-0.39, 0.29) is 36.0 Å². The molecule has 130 valence electrons. The van der Waals surface area contributed by atoms with Gasteiger partial charge in [0.15, 0.2) is 5.76 Å². The Morgan fingerprint density at radius 1 is 1.21 bits per heavy atom. The highest BCUT2D eigenvalue weighted by molar-refractivity contribution is 6.09. The van der Waals surface area contributed by atoms with Gasteiger partial charge in [-0.1, -0.05) is 12.1 Å². The number of para-hydroxylation sites is 1. The van der Waals surface area contributed by atoms with Crippen molar-refractivity contribution in [3.05, 3.63) is 54.0 Å². The summed E-state index contributed by atoms with van der Waals surface area (Å²) in [5.74, 6) is -0.299. The van der Waals surface area contributed by atoms with Gasteiger partial charge in [0.1, 0.15) is 0 Å². The van der Waals surface area contributed by atoms with Crippen molar-refractivity contribution in [2.75, 3.05) is 25.5 Å². The van der Waals surface area contributed by atoms with Crippen molar-refractivity contribution in [2.45, 2.75) is 13.0 Å². The zero-order chi connectivity index (χ0) is 16.8. The molecule has 24 heavy (non-hydrogen) atoms. The minimum absolute atomic E-state index is 0. The number of nitrogens with one attached hydrogen (secondary N) is 2. The third-order valence-electron chi connectivity index (χ3n) is 3.61. The number of likely N-dealkylation sites (N-methyl/N-ethyl adjacent to an activating group) is 1. The van der Waals surface area contributed by atoms with E-state index in [2.05, 4.69) is 10.6 Å². The lowest BCUT2D eigenvalue weighted by atomic mass is 10.1. The Bertz CT molecular complexity index is 673. The highest BCUT2D eigenvalue weighted by Gasteiger charge is 2.21. The highest BCUT2D eigenvalue weighted by atomic mass is 35.5. The number of benzene rings is 1. The fraction of sp³-hybridized carbons (Fsp3) is 0.294. The molecule has 0 bridgehead atoms. The van der Waals surface area contributed by atoms with Gasteiger partial charge in [-0.2, -0.15) is 0 Å². The highest BCUT2D eigenvalue weighted by Crippen LogP contribution is 2.21. The molecular formula is C17H22ClN3O3. The van der Waals surface area contributed by atoms with Gasteiger partial charge in [-0.25, -0.2) is 0 Å². The number of anilines is 1. The summed E-state index contributed by atoms with van der Waals surface area (Å²) in [5, 5.41) is 5.91. The average Bonchev–Trinajstić information content (AvgIpc) is 3.12. The maximum Gasteiger partial charge on any atom is 0.293 e. The second-order valence-corrected chi connectivity index (χ2v) is 5.26. The van der Waals surface area contributed by atoms with Crippen molar-refractivity contribution in [1.82, 2.24) is 10.6 Å². The van der Waals surface area contributed by atoms with Gasteiger partial charge in [-0.05, 0) is 38.2 Å². The van der Waals surface area contributed by atoms with Crippen molar-refractivity contribution in [3.63, 3.8) is 0 Å². The molecule has 1 heterocycles. The fourth-order valence-corrected chi connectivity index (χ4v) is 2.08. The Labute approximate surface area is 147 Å². The van der Waals surface area contributed by atoms with Gasteiger partial charge in [0.05, 0.1) is 17.5 Å². The lowest BCUT2D eigenvalue weighted by Crippen LogP contribution is -2.38. The topological polar surface area (TPSA) is 74.6 Å². The number of halogens is 1. The van der Waals surface area contributed by atoms with E-state index in [1.54, 1.807) is 43.4 Å². The molecule has 0 saturated heterocycles. The van der Waals surface area contributed by atoms with Gasteiger partial charge in [-0.3, -0.25) is 9.59 Å². The molecule has 6 nitrogen and oxygen atoms in total. The summed E-state index contributed by atoms with van der Waals surface area (Å²) in [6.45, 7) is 2.47. The van der Waals surface area contributed by atoms with E-state index in [1.807, 2.05) is 14.0 Å². The minimum Gasteiger partial charge on any atom is -0.459 e. The minimum atomic E-state index is -0.307. The molecule has 0 aliphatic rings. The van der Waals surface area contributed by atoms with Crippen molar-refractivity contribution in [3.8, 4) is 0 Å². The number of furan rings is 1. The molecule has 0 saturated carbocycles. The normalized spacial score (nSPS) is 11.3. The van der Waals surface area contributed by atoms with Gasteiger partial charge < -0.3 is 20.0 Å². The summed E-state index contributed by atoms with van der Waals surface area (Å²) in [7, 11) is 3.45. The first-order valence-electron chi connectivity index (χ1n) is 7.40. The predicted molar refractivity (Wildman–Crippen MR) is 96.0 cm³/mol. The monoisotopic (exact) mass is 351 g/mol. The molecule has 2 N–H and O–H groups in total. The van der Waals surface area contributed by atoms with Crippen LogP contribution in [-0.4, -0.2) is 38.5 Å². The molecule has 2 amide bonds. The Morgan fingerprint density at radius 2 is 1.92 bits per heavy atom. The van der Waals surface area contributed by atoms with E-state index in [1.165, 1.54) is 11.2 Å². The van der Waals surface area contributed by atoms with Crippen LogP contribution in [-0.2, 0) is 0 Å². The van der Waals surface area contributed by atoms with Crippen LogP contribution in [0.2, 0.25) is 0 Å². The number of hydrogen-bond donors (Lipinski definition) is 2. The largest absolute Gasteiger partial charge is 0.459 e. The van der Waals surface area contributed by atoms with Gasteiger partial charge in [0.2, 0.25) is 0 Å². The summed E-state index contributed by atoms with van der Waals surface area (Å²) >= 11 is 0. The molecule has 0 aliphatic carbocycles. The molecular weight excluding hydrogens is 330 g/mol. The quantitative estimate of drug-likeness (QED) is 0.837.